The maximum atomic E-state index is 12.6. The lowest BCUT2D eigenvalue weighted by Crippen LogP contribution is -2.39. The van der Waals surface area contributed by atoms with E-state index in [9.17, 15) is 4.79 Å². The number of carbonyl (C=O) groups is 1. The highest BCUT2D eigenvalue weighted by Gasteiger charge is 2.26. The van der Waals surface area contributed by atoms with Gasteiger partial charge in [0, 0.05) is 18.7 Å². The molecular weight excluding hydrogens is 370 g/mol. The zero-order valence-corrected chi connectivity index (χ0v) is 15.6. The number of amides is 1. The molecule has 5 heteroatoms. The van der Waals surface area contributed by atoms with Gasteiger partial charge in [-0.2, -0.15) is 0 Å². The van der Waals surface area contributed by atoms with Gasteiger partial charge in [-0.05, 0) is 71.8 Å². The first-order chi connectivity index (χ1) is 11.6. The van der Waals surface area contributed by atoms with Crippen LogP contribution < -0.4 is 4.74 Å². The van der Waals surface area contributed by atoms with Crippen LogP contribution in [0.2, 0.25) is 0 Å². The maximum absolute atomic E-state index is 12.6. The summed E-state index contributed by atoms with van der Waals surface area (Å²) in [5.74, 6) is 1.96. The molecule has 0 saturated carbocycles. The summed E-state index contributed by atoms with van der Waals surface area (Å²) in [5.41, 5.74) is 2.21. The Morgan fingerprint density at radius 2 is 1.96 bits per heavy atom. The Morgan fingerprint density at radius 3 is 2.50 bits per heavy atom. The third-order valence-electron chi connectivity index (χ3n) is 4.67. The molecule has 0 spiro atoms. The molecule has 128 valence electrons. The molecule has 1 aliphatic rings. The Labute approximate surface area is 150 Å². The van der Waals surface area contributed by atoms with Crippen LogP contribution in [0, 0.1) is 12.8 Å². The molecule has 1 amide bonds. The number of aryl methyl sites for hydroxylation is 1. The van der Waals surface area contributed by atoms with Gasteiger partial charge < -0.3 is 14.1 Å². The summed E-state index contributed by atoms with van der Waals surface area (Å²) in [7, 11) is 1.68. The Balaban J connectivity index is 1.55. The smallest absolute Gasteiger partial charge is 0.289 e. The fourth-order valence-electron chi connectivity index (χ4n) is 3.23. The van der Waals surface area contributed by atoms with E-state index in [4.69, 9.17) is 9.15 Å². The van der Waals surface area contributed by atoms with E-state index in [-0.39, 0.29) is 5.91 Å². The number of carbonyl (C=O) groups excluding carboxylic acids is 1. The third-order valence-corrected chi connectivity index (χ3v) is 5.06. The fourth-order valence-corrected chi connectivity index (χ4v) is 3.74. The predicted octanol–water partition coefficient (Wildman–Crippen LogP) is 4.45. The van der Waals surface area contributed by atoms with Gasteiger partial charge in [-0.3, -0.25) is 4.79 Å². The van der Waals surface area contributed by atoms with Gasteiger partial charge in [0.15, 0.2) is 10.4 Å². The number of rotatable bonds is 4. The molecular formula is C19H22BrNO3. The van der Waals surface area contributed by atoms with Crippen molar-refractivity contribution >= 4 is 21.8 Å². The van der Waals surface area contributed by atoms with Gasteiger partial charge in [-0.1, -0.05) is 12.1 Å². The number of nitrogens with zero attached hydrogens (tertiary/aromatic N) is 1. The van der Waals surface area contributed by atoms with Crippen LogP contribution in [-0.2, 0) is 6.42 Å². The Bertz CT molecular complexity index is 700. The molecule has 24 heavy (non-hydrogen) atoms. The largest absolute Gasteiger partial charge is 0.497 e. The van der Waals surface area contributed by atoms with Crippen LogP contribution in [-0.4, -0.2) is 31.0 Å². The summed E-state index contributed by atoms with van der Waals surface area (Å²) >= 11 is 3.29. The molecule has 1 saturated heterocycles. The molecule has 0 N–H and O–H groups in total. The number of methoxy groups -OCH3 is 1. The van der Waals surface area contributed by atoms with E-state index in [1.165, 1.54) is 5.56 Å². The summed E-state index contributed by atoms with van der Waals surface area (Å²) in [4.78, 5) is 14.5. The van der Waals surface area contributed by atoms with Crippen LogP contribution >= 0.6 is 15.9 Å². The van der Waals surface area contributed by atoms with Crippen molar-refractivity contribution in [3.63, 3.8) is 0 Å². The van der Waals surface area contributed by atoms with Gasteiger partial charge in [0.2, 0.25) is 0 Å². The van der Waals surface area contributed by atoms with E-state index in [0.717, 1.165) is 43.7 Å². The van der Waals surface area contributed by atoms with Crippen LogP contribution in [0.1, 0.15) is 34.5 Å². The molecule has 0 bridgehead atoms. The highest BCUT2D eigenvalue weighted by molar-refractivity contribution is 9.10. The van der Waals surface area contributed by atoms with Crippen LogP contribution in [0.5, 0.6) is 5.75 Å². The van der Waals surface area contributed by atoms with Crippen LogP contribution in [0.3, 0.4) is 0 Å². The number of piperidine rings is 1. The zero-order chi connectivity index (χ0) is 17.1. The van der Waals surface area contributed by atoms with Gasteiger partial charge in [0.05, 0.1) is 7.11 Å². The average molecular weight is 392 g/mol. The molecule has 0 atom stereocenters. The second-order valence-corrected chi connectivity index (χ2v) is 7.13. The van der Waals surface area contributed by atoms with Crippen molar-refractivity contribution < 1.29 is 13.9 Å². The van der Waals surface area contributed by atoms with Crippen LogP contribution in [0.15, 0.2) is 39.4 Å². The van der Waals surface area contributed by atoms with Gasteiger partial charge >= 0.3 is 0 Å². The Morgan fingerprint density at radius 1 is 1.29 bits per heavy atom. The van der Waals surface area contributed by atoms with E-state index in [2.05, 4.69) is 28.1 Å². The third kappa shape index (κ3) is 3.83. The zero-order valence-electron chi connectivity index (χ0n) is 14.0. The van der Waals surface area contributed by atoms with Crippen molar-refractivity contribution in [1.82, 2.24) is 4.90 Å². The predicted molar refractivity (Wildman–Crippen MR) is 96.5 cm³/mol. The van der Waals surface area contributed by atoms with Crippen LogP contribution in [0.4, 0.5) is 0 Å². The fraction of sp³-hybridized carbons (Fsp3) is 0.421. The molecule has 0 radical (unpaired) electrons. The maximum Gasteiger partial charge on any atom is 0.289 e. The number of halogens is 1. The number of benzene rings is 1. The van der Waals surface area contributed by atoms with E-state index < -0.39 is 0 Å². The summed E-state index contributed by atoms with van der Waals surface area (Å²) in [6, 6.07) is 10.1. The van der Waals surface area contributed by atoms with Gasteiger partial charge in [-0.25, -0.2) is 0 Å². The van der Waals surface area contributed by atoms with Crippen molar-refractivity contribution in [3.8, 4) is 5.75 Å². The Hall–Kier alpha value is -1.75. The number of hydrogen-bond acceptors (Lipinski definition) is 3. The quantitative estimate of drug-likeness (QED) is 0.772. The molecule has 2 aromatic rings. The summed E-state index contributed by atoms with van der Waals surface area (Å²) in [5, 5.41) is 0. The van der Waals surface area contributed by atoms with E-state index in [0.29, 0.717) is 16.3 Å². The molecule has 0 unspecified atom stereocenters. The standard InChI is InChI=1S/C19H22BrNO3/c1-13-11-17(20)24-18(13)19(22)21-9-7-15(8-10-21)12-14-3-5-16(23-2)6-4-14/h3-6,11,15H,7-10,12H2,1-2H3. The lowest BCUT2D eigenvalue weighted by Gasteiger charge is -2.31. The average Bonchev–Trinajstić information content (AvgIpc) is 2.94. The second-order valence-electron chi connectivity index (χ2n) is 6.35. The molecule has 0 aliphatic carbocycles. The second kappa shape index (κ2) is 7.43. The van der Waals surface area contributed by atoms with Gasteiger partial charge in [-0.15, -0.1) is 0 Å². The molecule has 4 nitrogen and oxygen atoms in total. The number of likely N-dealkylation sites (tertiary alicyclic amines) is 1. The molecule has 1 aromatic carbocycles. The topological polar surface area (TPSA) is 42.7 Å². The number of hydrogen-bond donors (Lipinski definition) is 0. The lowest BCUT2D eigenvalue weighted by atomic mass is 9.90. The number of furan rings is 1. The van der Waals surface area contributed by atoms with Crippen molar-refractivity contribution in [2.75, 3.05) is 20.2 Å². The van der Waals surface area contributed by atoms with Crippen molar-refractivity contribution in [3.05, 3.63) is 51.9 Å². The van der Waals surface area contributed by atoms with Crippen molar-refractivity contribution in [2.24, 2.45) is 5.92 Å². The highest BCUT2D eigenvalue weighted by Crippen LogP contribution is 2.26. The molecule has 3 rings (SSSR count). The molecule has 1 fully saturated rings. The lowest BCUT2D eigenvalue weighted by molar-refractivity contribution is 0.0656. The Kier molecular flexibility index (Phi) is 5.29. The van der Waals surface area contributed by atoms with Gasteiger partial charge in [0.25, 0.3) is 5.91 Å². The van der Waals surface area contributed by atoms with E-state index >= 15 is 0 Å². The van der Waals surface area contributed by atoms with E-state index in [1.807, 2.05) is 30.0 Å². The number of ether oxygens (including phenoxy) is 1. The normalized spacial score (nSPS) is 15.5. The summed E-state index contributed by atoms with van der Waals surface area (Å²) in [6.07, 6.45) is 3.11. The summed E-state index contributed by atoms with van der Waals surface area (Å²) in [6.45, 7) is 3.48. The SMILES string of the molecule is COc1ccc(CC2CCN(C(=O)c3oc(Br)cc3C)CC2)cc1. The minimum Gasteiger partial charge on any atom is -0.497 e. The minimum absolute atomic E-state index is 0.00102. The molecule has 2 heterocycles. The van der Waals surface area contributed by atoms with Crippen LogP contribution in [0.25, 0.3) is 0 Å². The minimum atomic E-state index is 0.00102. The van der Waals surface area contributed by atoms with E-state index in [1.54, 1.807) is 7.11 Å². The first kappa shape index (κ1) is 17.1. The molecule has 1 aromatic heterocycles. The highest BCUT2D eigenvalue weighted by atomic mass is 79.9. The summed E-state index contributed by atoms with van der Waals surface area (Å²) < 4.78 is 11.3. The monoisotopic (exact) mass is 391 g/mol. The van der Waals surface area contributed by atoms with Crippen molar-refractivity contribution in [2.45, 2.75) is 26.2 Å². The van der Waals surface area contributed by atoms with Gasteiger partial charge in [0.1, 0.15) is 5.75 Å². The molecule has 1 aliphatic heterocycles. The van der Waals surface area contributed by atoms with Crippen molar-refractivity contribution in [1.29, 1.82) is 0 Å². The first-order valence-corrected chi connectivity index (χ1v) is 9.04. The first-order valence-electron chi connectivity index (χ1n) is 8.25.